The molecule has 0 aliphatic carbocycles. The second kappa shape index (κ2) is 8.01. The molecule has 0 radical (unpaired) electrons. The third kappa shape index (κ3) is 3.91. The van der Waals surface area contributed by atoms with E-state index in [-0.39, 0.29) is 5.75 Å². The standard InChI is InChI=1S/C19H25NO3S/c1-2-23-17-8-3-6-14(19(17)22)13-20-10-4-7-15(20)12-16(21)18-9-5-11-24-18/h3,5-6,8-9,11,15-16,21-22H,2,4,7,10,12-13H2,1H3. The molecular formula is C19H25NO3S. The molecule has 0 bridgehead atoms. The van der Waals surface area contributed by atoms with Gasteiger partial charge in [-0.3, -0.25) is 4.90 Å². The minimum Gasteiger partial charge on any atom is -0.504 e. The highest BCUT2D eigenvalue weighted by molar-refractivity contribution is 7.10. The molecule has 2 heterocycles. The summed E-state index contributed by atoms with van der Waals surface area (Å²) >= 11 is 1.60. The van der Waals surface area contributed by atoms with E-state index in [0.29, 0.717) is 24.9 Å². The van der Waals surface area contributed by atoms with Crippen molar-refractivity contribution in [1.29, 1.82) is 0 Å². The topological polar surface area (TPSA) is 52.9 Å². The Morgan fingerprint density at radius 3 is 2.96 bits per heavy atom. The highest BCUT2D eigenvalue weighted by Crippen LogP contribution is 2.34. The Morgan fingerprint density at radius 1 is 1.33 bits per heavy atom. The third-order valence-electron chi connectivity index (χ3n) is 4.62. The number of likely N-dealkylation sites (tertiary alicyclic amines) is 1. The van der Waals surface area contributed by atoms with Crippen LogP contribution >= 0.6 is 11.3 Å². The van der Waals surface area contributed by atoms with Crippen LogP contribution in [0.1, 0.15) is 42.7 Å². The molecule has 1 fully saturated rings. The number of hydrogen-bond donors (Lipinski definition) is 2. The number of aromatic hydroxyl groups is 1. The molecule has 1 aromatic carbocycles. The molecule has 130 valence electrons. The average molecular weight is 347 g/mol. The summed E-state index contributed by atoms with van der Waals surface area (Å²) in [6.07, 6.45) is 2.56. The first-order valence-electron chi connectivity index (χ1n) is 8.58. The molecule has 24 heavy (non-hydrogen) atoms. The van der Waals surface area contributed by atoms with Gasteiger partial charge in [-0.2, -0.15) is 0 Å². The number of benzene rings is 1. The molecule has 4 nitrogen and oxygen atoms in total. The van der Waals surface area contributed by atoms with Crippen molar-refractivity contribution in [3.05, 3.63) is 46.2 Å². The van der Waals surface area contributed by atoms with E-state index >= 15 is 0 Å². The number of para-hydroxylation sites is 1. The number of aliphatic hydroxyl groups excluding tert-OH is 1. The van der Waals surface area contributed by atoms with Crippen molar-refractivity contribution in [1.82, 2.24) is 4.90 Å². The molecule has 1 aromatic heterocycles. The maximum absolute atomic E-state index is 10.4. The minimum absolute atomic E-state index is 0.240. The van der Waals surface area contributed by atoms with E-state index in [1.54, 1.807) is 17.4 Å². The number of rotatable bonds is 7. The molecule has 1 saturated heterocycles. The molecule has 0 spiro atoms. The van der Waals surface area contributed by atoms with Gasteiger partial charge < -0.3 is 14.9 Å². The van der Waals surface area contributed by atoms with E-state index < -0.39 is 6.10 Å². The van der Waals surface area contributed by atoms with Gasteiger partial charge in [-0.1, -0.05) is 18.2 Å². The van der Waals surface area contributed by atoms with Crippen molar-refractivity contribution in [3.8, 4) is 11.5 Å². The molecule has 5 heteroatoms. The van der Waals surface area contributed by atoms with Gasteiger partial charge in [-0.05, 0) is 50.2 Å². The summed E-state index contributed by atoms with van der Waals surface area (Å²) in [7, 11) is 0. The monoisotopic (exact) mass is 347 g/mol. The molecule has 2 N–H and O–H groups in total. The minimum atomic E-state index is -0.404. The number of phenols is 1. The fourth-order valence-electron chi connectivity index (χ4n) is 3.41. The van der Waals surface area contributed by atoms with E-state index in [1.807, 2.05) is 36.6 Å². The lowest BCUT2D eigenvalue weighted by Gasteiger charge is -2.26. The van der Waals surface area contributed by atoms with Gasteiger partial charge in [0.1, 0.15) is 0 Å². The lowest BCUT2D eigenvalue weighted by Crippen LogP contribution is -2.30. The quantitative estimate of drug-likeness (QED) is 0.796. The predicted octanol–water partition coefficient (Wildman–Crippen LogP) is 3.94. The molecule has 2 aromatic rings. The summed E-state index contributed by atoms with van der Waals surface area (Å²) in [4.78, 5) is 3.39. The zero-order valence-corrected chi connectivity index (χ0v) is 14.8. The number of phenolic OH excluding ortho intramolecular Hbond substituents is 1. The first-order chi connectivity index (χ1) is 11.7. The van der Waals surface area contributed by atoms with Crippen molar-refractivity contribution in [2.75, 3.05) is 13.2 Å². The van der Waals surface area contributed by atoms with Crippen molar-refractivity contribution in [2.24, 2.45) is 0 Å². The summed E-state index contributed by atoms with van der Waals surface area (Å²) < 4.78 is 5.47. The van der Waals surface area contributed by atoms with Gasteiger partial charge in [0.2, 0.25) is 0 Å². The normalized spacial score (nSPS) is 19.5. The van der Waals surface area contributed by atoms with Gasteiger partial charge in [-0.25, -0.2) is 0 Å². The molecule has 0 saturated carbocycles. The molecule has 0 amide bonds. The van der Waals surface area contributed by atoms with Gasteiger partial charge in [-0.15, -0.1) is 11.3 Å². The number of hydrogen-bond acceptors (Lipinski definition) is 5. The zero-order valence-electron chi connectivity index (χ0n) is 14.0. The highest BCUT2D eigenvalue weighted by atomic mass is 32.1. The first kappa shape index (κ1) is 17.3. The number of nitrogens with zero attached hydrogens (tertiary/aromatic N) is 1. The van der Waals surface area contributed by atoms with Crippen LogP contribution in [0.4, 0.5) is 0 Å². The van der Waals surface area contributed by atoms with Gasteiger partial charge in [0.15, 0.2) is 11.5 Å². The van der Waals surface area contributed by atoms with Crippen LogP contribution in [-0.2, 0) is 6.54 Å². The second-order valence-electron chi connectivity index (χ2n) is 6.23. The number of thiophene rings is 1. The van der Waals surface area contributed by atoms with Crippen molar-refractivity contribution < 1.29 is 14.9 Å². The van der Waals surface area contributed by atoms with Gasteiger partial charge in [0, 0.05) is 23.0 Å². The van der Waals surface area contributed by atoms with Crippen LogP contribution in [-0.4, -0.2) is 34.3 Å². The highest BCUT2D eigenvalue weighted by Gasteiger charge is 2.28. The van der Waals surface area contributed by atoms with E-state index in [1.165, 1.54) is 0 Å². The molecule has 2 unspecified atom stereocenters. The van der Waals surface area contributed by atoms with E-state index in [4.69, 9.17) is 4.74 Å². The SMILES string of the molecule is CCOc1cccc(CN2CCCC2CC(O)c2cccs2)c1O. The van der Waals surface area contributed by atoms with E-state index in [0.717, 1.165) is 36.2 Å². The number of ether oxygens (including phenoxy) is 1. The fraction of sp³-hybridized carbons (Fsp3) is 0.474. The Balaban J connectivity index is 1.67. The average Bonchev–Trinajstić information content (AvgIpc) is 3.24. The zero-order chi connectivity index (χ0) is 16.9. The predicted molar refractivity (Wildman–Crippen MR) is 96.6 cm³/mol. The molecule has 3 rings (SSSR count). The van der Waals surface area contributed by atoms with Crippen LogP contribution < -0.4 is 4.74 Å². The van der Waals surface area contributed by atoms with Crippen molar-refractivity contribution >= 4 is 11.3 Å². The fourth-order valence-corrected chi connectivity index (χ4v) is 4.14. The smallest absolute Gasteiger partial charge is 0.162 e. The largest absolute Gasteiger partial charge is 0.504 e. The van der Waals surface area contributed by atoms with E-state index in [2.05, 4.69) is 4.90 Å². The lowest BCUT2D eigenvalue weighted by molar-refractivity contribution is 0.120. The molecule has 1 aliphatic rings. The summed E-state index contributed by atoms with van der Waals surface area (Å²) in [5.74, 6) is 0.785. The van der Waals surface area contributed by atoms with Crippen LogP contribution in [0.25, 0.3) is 0 Å². The molecule has 2 atom stereocenters. The van der Waals surface area contributed by atoms with Gasteiger partial charge >= 0.3 is 0 Å². The van der Waals surface area contributed by atoms with E-state index in [9.17, 15) is 10.2 Å². The Hall–Kier alpha value is -1.56. The van der Waals surface area contributed by atoms with Crippen LogP contribution in [0, 0.1) is 0 Å². The number of aliphatic hydroxyl groups is 1. The molecular weight excluding hydrogens is 322 g/mol. The Bertz CT molecular complexity index is 644. The van der Waals surface area contributed by atoms with Crippen LogP contribution in [0.15, 0.2) is 35.7 Å². The lowest BCUT2D eigenvalue weighted by atomic mass is 10.0. The Morgan fingerprint density at radius 2 is 2.21 bits per heavy atom. The van der Waals surface area contributed by atoms with Crippen LogP contribution in [0.2, 0.25) is 0 Å². The summed E-state index contributed by atoms with van der Waals surface area (Å²) in [6, 6.07) is 9.98. The first-order valence-corrected chi connectivity index (χ1v) is 9.46. The van der Waals surface area contributed by atoms with Crippen LogP contribution in [0.3, 0.4) is 0 Å². The summed E-state index contributed by atoms with van der Waals surface area (Å²) in [5, 5.41) is 22.8. The Labute approximate surface area is 147 Å². The maximum atomic E-state index is 10.4. The second-order valence-corrected chi connectivity index (χ2v) is 7.21. The van der Waals surface area contributed by atoms with Crippen LogP contribution in [0.5, 0.6) is 11.5 Å². The summed E-state index contributed by atoms with van der Waals surface area (Å²) in [6.45, 7) is 4.14. The summed E-state index contributed by atoms with van der Waals surface area (Å²) in [5.41, 5.74) is 0.887. The third-order valence-corrected chi connectivity index (χ3v) is 5.60. The van der Waals surface area contributed by atoms with Gasteiger partial charge in [0.25, 0.3) is 0 Å². The Kier molecular flexibility index (Phi) is 5.76. The van der Waals surface area contributed by atoms with Gasteiger partial charge in [0.05, 0.1) is 12.7 Å². The van der Waals surface area contributed by atoms with Crippen molar-refractivity contribution in [2.45, 2.75) is 44.9 Å². The maximum Gasteiger partial charge on any atom is 0.162 e. The van der Waals surface area contributed by atoms with Crippen molar-refractivity contribution in [3.63, 3.8) is 0 Å². The molecule has 1 aliphatic heterocycles.